The summed E-state index contributed by atoms with van der Waals surface area (Å²) in [5.74, 6) is 0.611. The number of rotatable bonds is 5. The van der Waals surface area contributed by atoms with E-state index in [0.717, 1.165) is 11.3 Å². The average molecular weight is 444 g/mol. The second-order valence-corrected chi connectivity index (χ2v) is 7.88. The molecule has 2 heterocycles. The molecule has 1 aromatic heterocycles. The SMILES string of the molecule is COc1ccc(-c2nc(CN3C(=O)C(O)(c4cccc(F)c4)c4ccccc43)c(C)o2)cc1. The lowest BCUT2D eigenvalue weighted by atomic mass is 9.87. The Morgan fingerprint density at radius 3 is 2.58 bits per heavy atom. The molecule has 1 aliphatic heterocycles. The smallest absolute Gasteiger partial charge is 0.268 e. The number of aliphatic hydroxyl groups is 1. The fourth-order valence-electron chi connectivity index (χ4n) is 4.17. The van der Waals surface area contributed by atoms with E-state index in [1.807, 2.05) is 24.3 Å². The highest BCUT2D eigenvalue weighted by Gasteiger charge is 2.51. The first kappa shape index (κ1) is 20.9. The van der Waals surface area contributed by atoms with Gasteiger partial charge in [-0.3, -0.25) is 4.79 Å². The van der Waals surface area contributed by atoms with Crippen molar-refractivity contribution in [1.29, 1.82) is 0 Å². The van der Waals surface area contributed by atoms with Crippen LogP contribution in [0.3, 0.4) is 0 Å². The van der Waals surface area contributed by atoms with Crippen LogP contribution in [0.2, 0.25) is 0 Å². The maximum Gasteiger partial charge on any atom is 0.268 e. The Labute approximate surface area is 189 Å². The predicted octanol–water partition coefficient (Wildman–Crippen LogP) is 4.58. The van der Waals surface area contributed by atoms with Gasteiger partial charge in [-0.15, -0.1) is 0 Å². The third-order valence-electron chi connectivity index (χ3n) is 5.92. The molecule has 0 saturated carbocycles. The number of halogens is 1. The first-order chi connectivity index (χ1) is 15.9. The molecule has 0 fully saturated rings. The van der Waals surface area contributed by atoms with Crippen molar-refractivity contribution >= 4 is 11.6 Å². The summed E-state index contributed by atoms with van der Waals surface area (Å²) in [5.41, 5.74) is 0.467. The van der Waals surface area contributed by atoms with Crippen molar-refractivity contribution in [3.8, 4) is 17.2 Å². The number of oxazole rings is 1. The fourth-order valence-corrected chi connectivity index (χ4v) is 4.17. The third kappa shape index (κ3) is 3.37. The number of carbonyl (C=O) groups is 1. The lowest BCUT2D eigenvalue weighted by Crippen LogP contribution is -2.41. The van der Waals surface area contributed by atoms with E-state index in [2.05, 4.69) is 4.98 Å². The second kappa shape index (κ2) is 7.86. The Bertz CT molecular complexity index is 1350. The van der Waals surface area contributed by atoms with Crippen LogP contribution in [0.5, 0.6) is 5.75 Å². The lowest BCUT2D eigenvalue weighted by Gasteiger charge is -2.23. The Kier molecular flexibility index (Phi) is 4.98. The van der Waals surface area contributed by atoms with Crippen molar-refractivity contribution < 1.29 is 23.4 Å². The minimum atomic E-state index is -1.99. The van der Waals surface area contributed by atoms with E-state index in [4.69, 9.17) is 9.15 Å². The van der Waals surface area contributed by atoms with Gasteiger partial charge >= 0.3 is 0 Å². The van der Waals surface area contributed by atoms with Crippen LogP contribution < -0.4 is 9.64 Å². The number of nitrogens with zero attached hydrogens (tertiary/aromatic N) is 2. The molecule has 0 spiro atoms. The molecule has 7 heteroatoms. The van der Waals surface area contributed by atoms with Crippen molar-refractivity contribution in [2.24, 2.45) is 0 Å². The molecule has 0 radical (unpaired) electrons. The van der Waals surface area contributed by atoms with Crippen LogP contribution in [-0.2, 0) is 16.9 Å². The van der Waals surface area contributed by atoms with Crippen molar-refractivity contribution in [3.05, 3.63) is 101 Å². The summed E-state index contributed by atoms with van der Waals surface area (Å²) in [5, 5.41) is 11.5. The van der Waals surface area contributed by atoms with E-state index in [0.29, 0.717) is 28.6 Å². The minimum absolute atomic E-state index is 0.0962. The molecular formula is C26H21FN2O4. The number of benzene rings is 3. The number of hydrogen-bond acceptors (Lipinski definition) is 5. The molecule has 1 amide bonds. The number of anilines is 1. The summed E-state index contributed by atoms with van der Waals surface area (Å²) in [6.45, 7) is 1.87. The fraction of sp³-hybridized carbons (Fsp3) is 0.154. The van der Waals surface area contributed by atoms with Gasteiger partial charge in [0, 0.05) is 16.7 Å². The van der Waals surface area contributed by atoms with Gasteiger partial charge in [0.15, 0.2) is 5.60 Å². The number of methoxy groups -OCH3 is 1. The Balaban J connectivity index is 1.52. The minimum Gasteiger partial charge on any atom is -0.497 e. The van der Waals surface area contributed by atoms with Crippen LogP contribution in [0.4, 0.5) is 10.1 Å². The molecule has 6 nitrogen and oxygen atoms in total. The van der Waals surface area contributed by atoms with Crippen molar-refractivity contribution in [2.75, 3.05) is 12.0 Å². The number of carbonyl (C=O) groups excluding carboxylic acids is 1. The summed E-state index contributed by atoms with van der Waals surface area (Å²) >= 11 is 0. The van der Waals surface area contributed by atoms with Crippen molar-refractivity contribution in [1.82, 2.24) is 4.98 Å². The maximum absolute atomic E-state index is 13.9. The monoisotopic (exact) mass is 444 g/mol. The number of amides is 1. The number of aromatic nitrogens is 1. The molecule has 0 saturated heterocycles. The third-order valence-corrected chi connectivity index (χ3v) is 5.92. The van der Waals surface area contributed by atoms with E-state index in [1.165, 1.54) is 23.1 Å². The van der Waals surface area contributed by atoms with Gasteiger partial charge in [0.05, 0.1) is 19.3 Å². The van der Waals surface area contributed by atoms with Crippen LogP contribution >= 0.6 is 0 Å². The van der Waals surface area contributed by atoms with Gasteiger partial charge in [0.25, 0.3) is 5.91 Å². The van der Waals surface area contributed by atoms with Crippen LogP contribution in [0.1, 0.15) is 22.6 Å². The molecule has 0 aliphatic carbocycles. The van der Waals surface area contributed by atoms with Crippen LogP contribution in [0, 0.1) is 12.7 Å². The molecule has 1 N–H and O–H groups in total. The van der Waals surface area contributed by atoms with E-state index in [1.54, 1.807) is 44.4 Å². The van der Waals surface area contributed by atoms with E-state index in [9.17, 15) is 14.3 Å². The zero-order valence-corrected chi connectivity index (χ0v) is 18.1. The first-order valence-corrected chi connectivity index (χ1v) is 10.4. The number of aryl methyl sites for hydroxylation is 1. The lowest BCUT2D eigenvalue weighted by molar-refractivity contribution is -0.132. The summed E-state index contributed by atoms with van der Waals surface area (Å²) in [6, 6.07) is 19.7. The summed E-state index contributed by atoms with van der Waals surface area (Å²) in [6.07, 6.45) is 0. The molecule has 33 heavy (non-hydrogen) atoms. The van der Waals surface area contributed by atoms with Crippen molar-refractivity contribution in [3.63, 3.8) is 0 Å². The summed E-state index contributed by atoms with van der Waals surface area (Å²) in [4.78, 5) is 19.6. The van der Waals surface area contributed by atoms with Crippen molar-refractivity contribution in [2.45, 2.75) is 19.1 Å². The van der Waals surface area contributed by atoms with Gasteiger partial charge in [0.2, 0.25) is 5.89 Å². The van der Waals surface area contributed by atoms with Gasteiger partial charge in [-0.05, 0) is 49.4 Å². The number of para-hydroxylation sites is 1. The Morgan fingerprint density at radius 2 is 1.85 bits per heavy atom. The van der Waals surface area contributed by atoms with E-state index < -0.39 is 17.3 Å². The zero-order valence-electron chi connectivity index (χ0n) is 18.1. The molecular weight excluding hydrogens is 423 g/mol. The summed E-state index contributed by atoms with van der Waals surface area (Å²) in [7, 11) is 1.60. The van der Waals surface area contributed by atoms with Gasteiger partial charge in [-0.25, -0.2) is 9.37 Å². The van der Waals surface area contributed by atoms with Gasteiger partial charge in [-0.1, -0.05) is 30.3 Å². The van der Waals surface area contributed by atoms with Crippen LogP contribution in [0.25, 0.3) is 11.5 Å². The van der Waals surface area contributed by atoms with Gasteiger partial charge in [-0.2, -0.15) is 0 Å². The number of ether oxygens (including phenoxy) is 1. The predicted molar refractivity (Wildman–Crippen MR) is 120 cm³/mol. The standard InChI is InChI=1S/C26H21FN2O4/c1-16-22(28-24(33-16)17-10-12-20(32-2)13-11-17)15-29-23-9-4-3-8-21(23)26(31,25(29)30)18-6-5-7-19(27)14-18/h3-14,31H,15H2,1-2H3. The van der Waals surface area contributed by atoms with E-state index in [-0.39, 0.29) is 12.1 Å². The van der Waals surface area contributed by atoms with Gasteiger partial charge < -0.3 is 19.2 Å². The molecule has 3 aromatic carbocycles. The molecule has 1 atom stereocenters. The van der Waals surface area contributed by atoms with E-state index >= 15 is 0 Å². The van der Waals surface area contributed by atoms with Crippen LogP contribution in [0.15, 0.2) is 77.2 Å². The molecule has 4 aromatic rings. The zero-order chi connectivity index (χ0) is 23.2. The first-order valence-electron chi connectivity index (χ1n) is 10.4. The normalized spacial score (nSPS) is 17.3. The Hall–Kier alpha value is -3.97. The quantitative estimate of drug-likeness (QED) is 0.488. The van der Waals surface area contributed by atoms with Crippen LogP contribution in [-0.4, -0.2) is 23.1 Å². The molecule has 5 rings (SSSR count). The summed E-state index contributed by atoms with van der Waals surface area (Å²) < 4.78 is 25.0. The average Bonchev–Trinajstić information content (AvgIpc) is 3.31. The number of hydrogen-bond donors (Lipinski definition) is 1. The highest BCUT2D eigenvalue weighted by molar-refractivity contribution is 6.09. The maximum atomic E-state index is 13.9. The Morgan fingerprint density at radius 1 is 1.09 bits per heavy atom. The highest BCUT2D eigenvalue weighted by Crippen LogP contribution is 2.45. The molecule has 1 aliphatic rings. The molecule has 0 bridgehead atoms. The topological polar surface area (TPSA) is 75.8 Å². The largest absolute Gasteiger partial charge is 0.497 e. The highest BCUT2D eigenvalue weighted by atomic mass is 19.1. The number of fused-ring (bicyclic) bond motifs is 1. The molecule has 166 valence electrons. The second-order valence-electron chi connectivity index (χ2n) is 7.88. The molecule has 1 unspecified atom stereocenters. The van der Waals surface area contributed by atoms with Gasteiger partial charge in [0.1, 0.15) is 23.0 Å².